The summed E-state index contributed by atoms with van der Waals surface area (Å²) in [7, 11) is -2.39. The second kappa shape index (κ2) is 4.30. The minimum Gasteiger partial charge on any atom is -0.480 e. The second-order valence-corrected chi connectivity index (χ2v) is 6.28. The van der Waals surface area contributed by atoms with E-state index in [9.17, 15) is 13.2 Å². The Morgan fingerprint density at radius 3 is 2.60 bits per heavy atom. The molecule has 7 heteroatoms. The number of thiophene rings is 1. The Labute approximate surface area is 92.0 Å². The van der Waals surface area contributed by atoms with Crippen molar-refractivity contribution in [3.05, 3.63) is 17.0 Å². The van der Waals surface area contributed by atoms with Gasteiger partial charge in [-0.3, -0.25) is 4.79 Å². The molecular formula is C8H11NO4S2. The van der Waals surface area contributed by atoms with Crippen LogP contribution in [-0.4, -0.2) is 37.4 Å². The third kappa shape index (κ3) is 2.77. The van der Waals surface area contributed by atoms with Crippen LogP contribution in [-0.2, 0) is 14.8 Å². The van der Waals surface area contributed by atoms with Crippen molar-refractivity contribution in [2.45, 2.75) is 11.1 Å². The average molecular weight is 249 g/mol. The fourth-order valence-corrected chi connectivity index (χ4v) is 3.53. The Morgan fingerprint density at radius 2 is 2.20 bits per heavy atom. The minimum atomic E-state index is -3.64. The van der Waals surface area contributed by atoms with Gasteiger partial charge in [0.2, 0.25) is 0 Å². The standard InChI is InChI=1S/C8H11NO4S2/c1-6-3-8(14-5-6)15(12,13)9(2)4-7(10)11/h3,5H,4H2,1-2H3,(H,10,11). The van der Waals surface area contributed by atoms with Crippen LogP contribution in [0.1, 0.15) is 5.56 Å². The number of likely N-dealkylation sites (N-methyl/N-ethyl adjacent to an activating group) is 1. The van der Waals surface area contributed by atoms with E-state index >= 15 is 0 Å². The van der Waals surface area contributed by atoms with Crippen LogP contribution in [0.2, 0.25) is 0 Å². The number of carboxylic acid groups (broad SMARTS) is 1. The Morgan fingerprint density at radius 1 is 1.60 bits per heavy atom. The van der Waals surface area contributed by atoms with Crippen LogP contribution in [0.25, 0.3) is 0 Å². The monoisotopic (exact) mass is 249 g/mol. The van der Waals surface area contributed by atoms with Crippen molar-refractivity contribution in [1.29, 1.82) is 0 Å². The number of rotatable bonds is 4. The summed E-state index contributed by atoms with van der Waals surface area (Å²) in [6.07, 6.45) is 0. The largest absolute Gasteiger partial charge is 0.480 e. The summed E-state index contributed by atoms with van der Waals surface area (Å²) in [5.74, 6) is -1.17. The molecule has 15 heavy (non-hydrogen) atoms. The highest BCUT2D eigenvalue weighted by atomic mass is 32.2. The van der Waals surface area contributed by atoms with E-state index in [4.69, 9.17) is 5.11 Å². The fourth-order valence-electron chi connectivity index (χ4n) is 0.969. The molecule has 0 atom stereocenters. The van der Waals surface area contributed by atoms with E-state index in [2.05, 4.69) is 0 Å². The molecule has 1 aromatic heterocycles. The highest BCUT2D eigenvalue weighted by Crippen LogP contribution is 2.22. The van der Waals surface area contributed by atoms with Gasteiger partial charge in [0.25, 0.3) is 10.0 Å². The molecule has 5 nitrogen and oxygen atoms in total. The number of nitrogens with zero attached hydrogens (tertiary/aromatic N) is 1. The number of hydrogen-bond donors (Lipinski definition) is 1. The van der Waals surface area contributed by atoms with Gasteiger partial charge in [0.15, 0.2) is 0 Å². The molecule has 1 rings (SSSR count). The van der Waals surface area contributed by atoms with Gasteiger partial charge in [-0.2, -0.15) is 4.31 Å². The molecule has 0 aliphatic rings. The van der Waals surface area contributed by atoms with E-state index in [-0.39, 0.29) is 4.21 Å². The number of aryl methyl sites for hydroxylation is 1. The van der Waals surface area contributed by atoms with Gasteiger partial charge < -0.3 is 5.11 Å². The molecule has 0 aliphatic carbocycles. The fraction of sp³-hybridized carbons (Fsp3) is 0.375. The number of sulfonamides is 1. The van der Waals surface area contributed by atoms with Crippen LogP contribution in [0.5, 0.6) is 0 Å². The summed E-state index contributed by atoms with van der Waals surface area (Å²) >= 11 is 1.09. The zero-order valence-corrected chi connectivity index (χ0v) is 9.93. The van der Waals surface area contributed by atoms with Crippen LogP contribution < -0.4 is 0 Å². The molecule has 0 radical (unpaired) electrons. The molecule has 1 heterocycles. The first-order valence-corrected chi connectivity index (χ1v) is 6.39. The van der Waals surface area contributed by atoms with Gasteiger partial charge in [0, 0.05) is 7.05 Å². The number of carbonyl (C=O) groups is 1. The Bertz CT molecular complexity index is 463. The van der Waals surface area contributed by atoms with E-state index in [0.717, 1.165) is 21.2 Å². The van der Waals surface area contributed by atoms with E-state index in [0.29, 0.717) is 0 Å². The first-order chi connectivity index (χ1) is 6.84. The Balaban J connectivity index is 2.98. The first kappa shape index (κ1) is 12.2. The predicted molar refractivity (Wildman–Crippen MR) is 56.5 cm³/mol. The van der Waals surface area contributed by atoms with E-state index in [1.807, 2.05) is 0 Å². The van der Waals surface area contributed by atoms with Crippen LogP contribution in [0, 0.1) is 6.92 Å². The third-order valence-electron chi connectivity index (χ3n) is 1.73. The molecular weight excluding hydrogens is 238 g/mol. The van der Waals surface area contributed by atoms with E-state index in [1.54, 1.807) is 12.3 Å². The van der Waals surface area contributed by atoms with Gasteiger partial charge in [-0.15, -0.1) is 11.3 Å². The third-order valence-corrected chi connectivity index (χ3v) is 5.07. The Hall–Kier alpha value is -0.920. The average Bonchev–Trinajstić information content (AvgIpc) is 2.50. The predicted octanol–water partition coefficient (Wildman–Crippen LogP) is 0.762. The van der Waals surface area contributed by atoms with Gasteiger partial charge >= 0.3 is 5.97 Å². The van der Waals surface area contributed by atoms with Crippen LogP contribution in [0.4, 0.5) is 0 Å². The van der Waals surface area contributed by atoms with Gasteiger partial charge in [0.1, 0.15) is 10.8 Å². The minimum absolute atomic E-state index is 0.170. The summed E-state index contributed by atoms with van der Waals surface area (Å²) in [5, 5.41) is 10.2. The second-order valence-electron chi connectivity index (χ2n) is 3.10. The van der Waals surface area contributed by atoms with Crippen LogP contribution >= 0.6 is 11.3 Å². The highest BCUT2D eigenvalue weighted by molar-refractivity contribution is 7.91. The molecule has 0 saturated carbocycles. The summed E-state index contributed by atoms with van der Waals surface area (Å²) < 4.78 is 24.5. The summed E-state index contributed by atoms with van der Waals surface area (Å²) in [5.41, 5.74) is 0.849. The van der Waals surface area contributed by atoms with Crippen molar-refractivity contribution in [3.63, 3.8) is 0 Å². The zero-order chi connectivity index (χ0) is 11.6. The Kier molecular flexibility index (Phi) is 3.48. The van der Waals surface area contributed by atoms with Crippen molar-refractivity contribution < 1.29 is 18.3 Å². The normalized spacial score (nSPS) is 11.9. The van der Waals surface area contributed by atoms with Crippen LogP contribution in [0.15, 0.2) is 15.7 Å². The quantitative estimate of drug-likeness (QED) is 0.855. The molecule has 0 fully saturated rings. The zero-order valence-electron chi connectivity index (χ0n) is 8.30. The summed E-state index contributed by atoms with van der Waals surface area (Å²) in [4.78, 5) is 10.4. The number of aliphatic carboxylic acids is 1. The van der Waals surface area contributed by atoms with E-state index < -0.39 is 22.5 Å². The molecule has 84 valence electrons. The van der Waals surface area contributed by atoms with E-state index in [1.165, 1.54) is 13.1 Å². The summed E-state index contributed by atoms with van der Waals surface area (Å²) in [6.45, 7) is 1.26. The SMILES string of the molecule is Cc1csc(S(=O)(=O)N(C)CC(=O)O)c1. The van der Waals surface area contributed by atoms with Gasteiger partial charge in [-0.25, -0.2) is 8.42 Å². The molecule has 0 amide bonds. The number of carboxylic acids is 1. The maximum Gasteiger partial charge on any atom is 0.318 e. The van der Waals surface area contributed by atoms with Gasteiger partial charge in [0.05, 0.1) is 0 Å². The first-order valence-electron chi connectivity index (χ1n) is 4.07. The summed E-state index contributed by atoms with van der Waals surface area (Å²) in [6, 6.07) is 1.53. The molecule has 0 unspecified atom stereocenters. The van der Waals surface area contributed by atoms with Gasteiger partial charge in [-0.05, 0) is 23.9 Å². The molecule has 0 aliphatic heterocycles. The van der Waals surface area contributed by atoms with Gasteiger partial charge in [-0.1, -0.05) is 0 Å². The topological polar surface area (TPSA) is 74.7 Å². The maximum atomic E-state index is 11.8. The lowest BCUT2D eigenvalue weighted by Gasteiger charge is -2.12. The lowest BCUT2D eigenvalue weighted by atomic mass is 10.4. The van der Waals surface area contributed by atoms with Crippen LogP contribution in [0.3, 0.4) is 0 Å². The highest BCUT2D eigenvalue weighted by Gasteiger charge is 2.23. The van der Waals surface area contributed by atoms with Crippen molar-refractivity contribution in [1.82, 2.24) is 4.31 Å². The smallest absolute Gasteiger partial charge is 0.318 e. The lowest BCUT2D eigenvalue weighted by Crippen LogP contribution is -2.31. The number of hydrogen-bond acceptors (Lipinski definition) is 4. The van der Waals surface area contributed by atoms with Crippen molar-refractivity contribution in [2.75, 3.05) is 13.6 Å². The van der Waals surface area contributed by atoms with Crippen molar-refractivity contribution in [3.8, 4) is 0 Å². The lowest BCUT2D eigenvalue weighted by molar-refractivity contribution is -0.137. The maximum absolute atomic E-state index is 11.8. The molecule has 0 saturated heterocycles. The molecule has 0 bridgehead atoms. The molecule has 1 aromatic rings. The van der Waals surface area contributed by atoms with Crippen molar-refractivity contribution >= 4 is 27.3 Å². The van der Waals surface area contributed by atoms with Crippen molar-refractivity contribution in [2.24, 2.45) is 0 Å². The molecule has 0 spiro atoms. The molecule has 0 aromatic carbocycles. The molecule has 1 N–H and O–H groups in total.